The number of aryl methyl sites for hydroxylation is 1. The average Bonchev–Trinajstić information content (AvgIpc) is 3.49. The van der Waals surface area contributed by atoms with Gasteiger partial charge in [0, 0.05) is 47.7 Å². The Bertz CT molecular complexity index is 1360. The number of fused-ring (bicyclic) bond motifs is 4. The van der Waals surface area contributed by atoms with Gasteiger partial charge in [-0.15, -0.1) is 0 Å². The van der Waals surface area contributed by atoms with E-state index in [2.05, 4.69) is 15.1 Å². The number of hydrogen-bond acceptors (Lipinski definition) is 4. The van der Waals surface area contributed by atoms with E-state index in [0.29, 0.717) is 11.3 Å². The van der Waals surface area contributed by atoms with Crippen LogP contribution in [0.5, 0.6) is 0 Å². The van der Waals surface area contributed by atoms with Crippen LogP contribution >= 0.6 is 40.5 Å². The fraction of sp³-hybridized carbons (Fsp3) is 0.391. The minimum atomic E-state index is -2.69. The van der Waals surface area contributed by atoms with Crippen LogP contribution in [-0.4, -0.2) is 47.0 Å². The summed E-state index contributed by atoms with van der Waals surface area (Å²) in [7, 11) is 1.98. The van der Waals surface area contributed by atoms with Gasteiger partial charge in [0.2, 0.25) is 0 Å². The number of nitrogens with zero attached hydrogens (tertiary/aromatic N) is 6. The molecule has 2 aliphatic rings. The molecule has 4 aromatic rings. The fourth-order valence-corrected chi connectivity index (χ4v) is 5.61. The molecule has 0 saturated carbocycles. The van der Waals surface area contributed by atoms with E-state index in [1.165, 1.54) is 12.4 Å². The first-order chi connectivity index (χ1) is 15.5. The van der Waals surface area contributed by atoms with Gasteiger partial charge in [0.05, 0.1) is 5.69 Å². The number of aromatic nitrogens is 5. The minimum absolute atomic E-state index is 0. The third kappa shape index (κ3) is 4.40. The summed E-state index contributed by atoms with van der Waals surface area (Å²) >= 11 is 0. The molecule has 2 fully saturated rings. The molecule has 0 unspecified atom stereocenters. The number of benzene rings is 1. The van der Waals surface area contributed by atoms with Gasteiger partial charge in [-0.25, -0.2) is 18.3 Å². The Morgan fingerprint density at radius 2 is 1.83 bits per heavy atom. The monoisotopic (exact) mass is 538 g/mol. The number of hydrogen-bond donors (Lipinski definition) is 0. The predicted octanol–water partition coefficient (Wildman–Crippen LogP) is 4.44. The van der Waals surface area contributed by atoms with Gasteiger partial charge in [-0.05, 0) is 56.0 Å². The number of alkyl halides is 2. The summed E-state index contributed by atoms with van der Waals surface area (Å²) in [5.74, 6) is 0.0825. The van der Waals surface area contributed by atoms with Crippen molar-refractivity contribution in [3.8, 4) is 0 Å². The number of carbonyl (C=O) groups is 1. The summed E-state index contributed by atoms with van der Waals surface area (Å²) in [4.78, 5) is 23.6. The molecular formula is C23H28F2N6OS3. The number of carbonyl (C=O) groups excluding carboxylic acids is 1. The standard InChI is InChI=1S/C23H22F2N6O.3H2S/c1-29-9-8-13-10-14(2-6-18(13)29)22(32)30-15-3-5-16(19(30)7-4-15)20-11-17(21(24)25)28-23-26-12-27-31(20)23;;;/h2,6,8-12,15-16,19,21H,3-5,7H2,1H3;3*1H2/t15-,16-,19-;;;/m0.../s1. The molecule has 1 aromatic carbocycles. The lowest BCUT2D eigenvalue weighted by Crippen LogP contribution is -2.47. The highest BCUT2D eigenvalue weighted by atomic mass is 32.1. The summed E-state index contributed by atoms with van der Waals surface area (Å²) in [6, 6.07) is 9.36. The first-order valence-corrected chi connectivity index (χ1v) is 10.9. The zero-order chi connectivity index (χ0) is 22.0. The molecule has 12 heteroatoms. The molecule has 35 heavy (non-hydrogen) atoms. The van der Waals surface area contributed by atoms with Crippen molar-refractivity contribution in [1.82, 2.24) is 29.0 Å². The molecule has 3 aromatic heterocycles. The van der Waals surface area contributed by atoms with Gasteiger partial charge >= 0.3 is 0 Å². The minimum Gasteiger partial charge on any atom is -0.351 e. The fourth-order valence-electron chi connectivity index (χ4n) is 5.61. The van der Waals surface area contributed by atoms with Gasteiger partial charge in [0.25, 0.3) is 18.1 Å². The number of rotatable bonds is 3. The quantitative estimate of drug-likeness (QED) is 0.387. The molecule has 0 aliphatic carbocycles. The summed E-state index contributed by atoms with van der Waals surface area (Å²) < 4.78 is 30.6. The number of halogens is 2. The highest BCUT2D eigenvalue weighted by Gasteiger charge is 2.46. The molecular weight excluding hydrogens is 510 g/mol. The molecule has 0 spiro atoms. The lowest BCUT2D eigenvalue weighted by Gasteiger charge is -2.40. The SMILES string of the molecule is Cn1ccc2cc(C(=O)N3[C@H]4CC[C@H](c5cc(C(F)F)nc6ncnn56)[C@@H]3CC4)ccc21.S.S.S. The summed E-state index contributed by atoms with van der Waals surface area (Å²) in [5, 5.41) is 5.26. The van der Waals surface area contributed by atoms with Crippen molar-refractivity contribution in [2.45, 2.75) is 50.1 Å². The normalized spacial score (nSPS) is 21.0. The van der Waals surface area contributed by atoms with Gasteiger partial charge in [-0.3, -0.25) is 4.79 Å². The Kier molecular flexibility index (Phi) is 8.07. The van der Waals surface area contributed by atoms with Gasteiger partial charge in [0.15, 0.2) is 0 Å². The number of piperidine rings is 1. The summed E-state index contributed by atoms with van der Waals surface area (Å²) in [5.41, 5.74) is 2.10. The van der Waals surface area contributed by atoms with Crippen LogP contribution < -0.4 is 0 Å². The predicted molar refractivity (Wildman–Crippen MR) is 145 cm³/mol. The van der Waals surface area contributed by atoms with Crippen molar-refractivity contribution in [3.63, 3.8) is 0 Å². The van der Waals surface area contributed by atoms with Crippen molar-refractivity contribution in [2.75, 3.05) is 0 Å². The van der Waals surface area contributed by atoms with Crippen LogP contribution in [0.1, 0.15) is 59.8 Å². The first kappa shape index (κ1) is 27.3. The second-order valence-electron chi connectivity index (χ2n) is 8.77. The van der Waals surface area contributed by atoms with Crippen LogP contribution in [0.25, 0.3) is 16.7 Å². The lowest BCUT2D eigenvalue weighted by atomic mass is 9.86. The Labute approximate surface area is 222 Å². The molecule has 188 valence electrons. The first-order valence-electron chi connectivity index (χ1n) is 10.9. The van der Waals surface area contributed by atoms with E-state index in [0.717, 1.165) is 36.6 Å². The zero-order valence-electron chi connectivity index (χ0n) is 19.0. The molecule has 6 rings (SSSR count). The highest BCUT2D eigenvalue weighted by molar-refractivity contribution is 7.59. The lowest BCUT2D eigenvalue weighted by molar-refractivity contribution is 0.0554. The number of amides is 1. The molecule has 1 amide bonds. The molecule has 3 atom stereocenters. The molecule has 2 saturated heterocycles. The summed E-state index contributed by atoms with van der Waals surface area (Å²) in [6.07, 6.45) is 4.05. The van der Waals surface area contributed by atoms with E-state index in [-0.39, 0.29) is 75.9 Å². The van der Waals surface area contributed by atoms with Crippen LogP contribution in [0.2, 0.25) is 0 Å². The van der Waals surface area contributed by atoms with Gasteiger partial charge in [-0.1, -0.05) is 0 Å². The molecule has 5 heterocycles. The van der Waals surface area contributed by atoms with Crippen molar-refractivity contribution in [3.05, 3.63) is 59.8 Å². The van der Waals surface area contributed by atoms with E-state index in [9.17, 15) is 13.6 Å². The Morgan fingerprint density at radius 1 is 1.06 bits per heavy atom. The molecule has 0 radical (unpaired) electrons. The molecule has 0 N–H and O–H groups in total. The van der Waals surface area contributed by atoms with Crippen molar-refractivity contribution >= 4 is 63.1 Å². The topological polar surface area (TPSA) is 68.3 Å². The van der Waals surface area contributed by atoms with E-state index < -0.39 is 6.43 Å². The van der Waals surface area contributed by atoms with Gasteiger partial charge < -0.3 is 9.47 Å². The second-order valence-corrected chi connectivity index (χ2v) is 8.77. The van der Waals surface area contributed by atoms with Crippen LogP contribution in [0.4, 0.5) is 8.78 Å². The third-order valence-electron chi connectivity index (χ3n) is 7.09. The smallest absolute Gasteiger partial charge is 0.280 e. The van der Waals surface area contributed by atoms with Crippen LogP contribution in [-0.2, 0) is 7.05 Å². The second kappa shape index (κ2) is 10.4. The Morgan fingerprint density at radius 3 is 2.60 bits per heavy atom. The molecule has 7 nitrogen and oxygen atoms in total. The Hall–Kier alpha value is -2.31. The zero-order valence-corrected chi connectivity index (χ0v) is 22.0. The Balaban J connectivity index is 0.00000114. The van der Waals surface area contributed by atoms with Crippen molar-refractivity contribution in [2.24, 2.45) is 7.05 Å². The van der Waals surface area contributed by atoms with E-state index >= 15 is 0 Å². The van der Waals surface area contributed by atoms with Crippen LogP contribution in [0.15, 0.2) is 42.9 Å². The largest absolute Gasteiger partial charge is 0.351 e. The molecule has 2 bridgehead atoms. The van der Waals surface area contributed by atoms with Crippen LogP contribution in [0.3, 0.4) is 0 Å². The van der Waals surface area contributed by atoms with Crippen molar-refractivity contribution < 1.29 is 13.6 Å². The van der Waals surface area contributed by atoms with Crippen LogP contribution in [0, 0.1) is 0 Å². The van der Waals surface area contributed by atoms with E-state index in [1.54, 1.807) is 4.52 Å². The average molecular weight is 539 g/mol. The maximum Gasteiger partial charge on any atom is 0.280 e. The van der Waals surface area contributed by atoms with E-state index in [4.69, 9.17) is 0 Å². The van der Waals surface area contributed by atoms with Gasteiger partial charge in [-0.2, -0.15) is 50.6 Å². The maximum absolute atomic E-state index is 13.6. The molecule has 2 aliphatic heterocycles. The van der Waals surface area contributed by atoms with Gasteiger partial charge in [0.1, 0.15) is 12.0 Å². The van der Waals surface area contributed by atoms with E-state index in [1.807, 2.05) is 47.0 Å². The van der Waals surface area contributed by atoms with Crippen molar-refractivity contribution in [1.29, 1.82) is 0 Å². The third-order valence-corrected chi connectivity index (χ3v) is 7.09. The maximum atomic E-state index is 13.6. The highest BCUT2D eigenvalue weighted by Crippen LogP contribution is 2.45. The summed E-state index contributed by atoms with van der Waals surface area (Å²) in [6.45, 7) is 0.